The van der Waals surface area contributed by atoms with Crippen LogP contribution in [0.4, 0.5) is 35.0 Å². The number of nitro groups is 1. The molecular weight excluding hydrogens is 351 g/mol. The molecule has 2 amide bonds. The largest absolute Gasteiger partial charge is 0.418 e. The van der Waals surface area contributed by atoms with E-state index in [2.05, 4.69) is 5.32 Å². The molecule has 24 heavy (non-hydrogen) atoms. The molecule has 0 saturated heterocycles. The fraction of sp³-hybridized carbons (Fsp3) is 0.0714. The number of alkyl halides is 3. The molecule has 10 heteroatoms. The minimum absolute atomic E-state index is 0.0788. The van der Waals surface area contributed by atoms with Crippen LogP contribution in [0.3, 0.4) is 0 Å². The summed E-state index contributed by atoms with van der Waals surface area (Å²) in [5, 5.41) is 15.2. The molecule has 0 bridgehead atoms. The number of nitro benzene ring substituents is 1. The SMILES string of the molecule is O=C(Nc1ccc(Cl)cc1[N+](=O)[O-])Nc1ccccc1C(F)(F)F. The highest BCUT2D eigenvalue weighted by Gasteiger charge is 2.33. The third kappa shape index (κ3) is 4.13. The molecule has 2 aromatic rings. The highest BCUT2D eigenvalue weighted by molar-refractivity contribution is 6.31. The molecule has 2 N–H and O–H groups in total. The fourth-order valence-electron chi connectivity index (χ4n) is 1.88. The fourth-order valence-corrected chi connectivity index (χ4v) is 2.04. The van der Waals surface area contributed by atoms with Crippen molar-refractivity contribution in [3.63, 3.8) is 0 Å². The van der Waals surface area contributed by atoms with Crippen LogP contribution in [0.5, 0.6) is 0 Å². The minimum atomic E-state index is -4.66. The van der Waals surface area contributed by atoms with Gasteiger partial charge in [0.15, 0.2) is 0 Å². The van der Waals surface area contributed by atoms with Gasteiger partial charge in [0.25, 0.3) is 5.69 Å². The molecule has 0 aliphatic rings. The number of halogens is 4. The Balaban J connectivity index is 2.23. The second kappa shape index (κ2) is 6.75. The van der Waals surface area contributed by atoms with Gasteiger partial charge in [0, 0.05) is 11.1 Å². The van der Waals surface area contributed by atoms with Crippen LogP contribution in [0.25, 0.3) is 0 Å². The highest BCUT2D eigenvalue weighted by atomic mass is 35.5. The zero-order valence-corrected chi connectivity index (χ0v) is 12.5. The van der Waals surface area contributed by atoms with Gasteiger partial charge in [0.1, 0.15) is 5.69 Å². The van der Waals surface area contributed by atoms with E-state index in [-0.39, 0.29) is 10.7 Å². The van der Waals surface area contributed by atoms with Crippen LogP contribution in [0.2, 0.25) is 5.02 Å². The number of para-hydroxylation sites is 1. The number of nitrogens with one attached hydrogen (secondary N) is 2. The Kier molecular flexibility index (Phi) is 4.93. The van der Waals surface area contributed by atoms with Crippen LogP contribution >= 0.6 is 11.6 Å². The number of rotatable bonds is 3. The molecule has 126 valence electrons. The van der Waals surface area contributed by atoms with Gasteiger partial charge in [-0.25, -0.2) is 4.79 Å². The van der Waals surface area contributed by atoms with Crippen molar-refractivity contribution in [1.29, 1.82) is 0 Å². The summed E-state index contributed by atoms with van der Waals surface area (Å²) in [7, 11) is 0. The quantitative estimate of drug-likeness (QED) is 0.603. The van der Waals surface area contributed by atoms with E-state index in [0.717, 1.165) is 18.2 Å². The number of carbonyl (C=O) groups is 1. The summed E-state index contributed by atoms with van der Waals surface area (Å²) in [6.07, 6.45) is -4.66. The molecule has 0 heterocycles. The zero-order valence-electron chi connectivity index (χ0n) is 11.7. The van der Waals surface area contributed by atoms with Crippen LogP contribution in [0.1, 0.15) is 5.56 Å². The molecule has 2 aromatic carbocycles. The van der Waals surface area contributed by atoms with E-state index >= 15 is 0 Å². The summed E-state index contributed by atoms with van der Waals surface area (Å²) in [5.74, 6) is 0. The van der Waals surface area contributed by atoms with E-state index in [1.807, 2.05) is 5.32 Å². The monoisotopic (exact) mass is 359 g/mol. The molecule has 6 nitrogen and oxygen atoms in total. The van der Waals surface area contributed by atoms with E-state index in [1.54, 1.807) is 0 Å². The van der Waals surface area contributed by atoms with E-state index in [9.17, 15) is 28.1 Å². The first-order valence-electron chi connectivity index (χ1n) is 6.36. The van der Waals surface area contributed by atoms with Crippen molar-refractivity contribution < 1.29 is 22.9 Å². The third-order valence-corrected chi connectivity index (χ3v) is 3.12. The van der Waals surface area contributed by atoms with Gasteiger partial charge in [0.2, 0.25) is 0 Å². The summed E-state index contributed by atoms with van der Waals surface area (Å²) < 4.78 is 38.6. The van der Waals surface area contributed by atoms with Crippen LogP contribution in [0.15, 0.2) is 42.5 Å². The van der Waals surface area contributed by atoms with Crippen molar-refractivity contribution >= 4 is 34.7 Å². The van der Waals surface area contributed by atoms with Crippen molar-refractivity contribution in [3.8, 4) is 0 Å². The van der Waals surface area contributed by atoms with Crippen LogP contribution in [0, 0.1) is 10.1 Å². The van der Waals surface area contributed by atoms with Gasteiger partial charge < -0.3 is 10.6 Å². The maximum absolute atomic E-state index is 12.9. The van der Waals surface area contributed by atoms with Crippen molar-refractivity contribution in [2.75, 3.05) is 10.6 Å². The molecule has 0 spiro atoms. The lowest BCUT2D eigenvalue weighted by Crippen LogP contribution is -2.22. The average molecular weight is 360 g/mol. The van der Waals surface area contributed by atoms with Gasteiger partial charge in [-0.05, 0) is 24.3 Å². The Bertz CT molecular complexity index is 796. The summed E-state index contributed by atoms with van der Waals surface area (Å²) in [4.78, 5) is 22.0. The van der Waals surface area contributed by atoms with E-state index < -0.39 is 34.1 Å². The minimum Gasteiger partial charge on any atom is -0.307 e. The molecule has 0 saturated carbocycles. The predicted octanol–water partition coefficient (Wildman–Crippen LogP) is 4.91. The first kappa shape index (κ1) is 17.5. The molecule has 0 radical (unpaired) electrons. The first-order valence-corrected chi connectivity index (χ1v) is 6.74. The average Bonchev–Trinajstić information content (AvgIpc) is 2.48. The van der Waals surface area contributed by atoms with E-state index in [0.29, 0.717) is 0 Å². The van der Waals surface area contributed by atoms with Gasteiger partial charge in [-0.15, -0.1) is 0 Å². The van der Waals surface area contributed by atoms with Crippen molar-refractivity contribution in [1.82, 2.24) is 0 Å². The summed E-state index contributed by atoms with van der Waals surface area (Å²) in [6.45, 7) is 0. The number of carbonyl (C=O) groups excluding carboxylic acids is 1. The molecule has 0 aliphatic heterocycles. The first-order chi connectivity index (χ1) is 11.2. The third-order valence-electron chi connectivity index (χ3n) is 2.89. The Morgan fingerprint density at radius 2 is 1.71 bits per heavy atom. The number of anilines is 2. The predicted molar refractivity (Wildman–Crippen MR) is 82.2 cm³/mol. The Labute approximate surface area is 138 Å². The molecule has 2 rings (SSSR count). The Morgan fingerprint density at radius 3 is 2.33 bits per heavy atom. The summed E-state index contributed by atoms with van der Waals surface area (Å²) in [6, 6.07) is 6.80. The van der Waals surface area contributed by atoms with Gasteiger partial charge in [-0.1, -0.05) is 23.7 Å². The molecule has 0 fully saturated rings. The van der Waals surface area contributed by atoms with Crippen molar-refractivity contribution in [2.45, 2.75) is 6.18 Å². The van der Waals surface area contributed by atoms with Gasteiger partial charge >= 0.3 is 12.2 Å². The number of amides is 2. The maximum Gasteiger partial charge on any atom is 0.418 e. The van der Waals surface area contributed by atoms with Crippen molar-refractivity contribution in [3.05, 3.63) is 63.2 Å². The van der Waals surface area contributed by atoms with Gasteiger partial charge in [-0.2, -0.15) is 13.2 Å². The second-order valence-electron chi connectivity index (χ2n) is 4.54. The smallest absolute Gasteiger partial charge is 0.307 e. The summed E-state index contributed by atoms with van der Waals surface area (Å²) in [5.41, 5.74) is -2.20. The lowest BCUT2D eigenvalue weighted by Gasteiger charge is -2.14. The standard InChI is InChI=1S/C14H9ClF3N3O3/c15-8-5-6-11(12(7-8)21(23)24)20-13(22)19-10-4-2-1-3-9(10)14(16,17)18/h1-7H,(H2,19,20,22). The van der Waals surface area contributed by atoms with Crippen LogP contribution in [-0.4, -0.2) is 11.0 Å². The van der Waals surface area contributed by atoms with Gasteiger partial charge in [0.05, 0.1) is 16.2 Å². The Morgan fingerprint density at radius 1 is 1.08 bits per heavy atom. The maximum atomic E-state index is 12.9. The lowest BCUT2D eigenvalue weighted by molar-refractivity contribution is -0.383. The summed E-state index contributed by atoms with van der Waals surface area (Å²) >= 11 is 5.64. The number of hydrogen-bond acceptors (Lipinski definition) is 3. The van der Waals surface area contributed by atoms with Crippen LogP contribution in [-0.2, 0) is 6.18 Å². The number of benzene rings is 2. The number of hydrogen-bond donors (Lipinski definition) is 2. The molecule has 0 aliphatic carbocycles. The molecule has 0 aromatic heterocycles. The normalized spacial score (nSPS) is 11.0. The van der Waals surface area contributed by atoms with Crippen LogP contribution < -0.4 is 10.6 Å². The topological polar surface area (TPSA) is 84.3 Å². The molecule has 0 unspecified atom stereocenters. The van der Waals surface area contributed by atoms with E-state index in [4.69, 9.17) is 11.6 Å². The van der Waals surface area contributed by atoms with Gasteiger partial charge in [-0.3, -0.25) is 10.1 Å². The number of urea groups is 1. The number of nitrogens with zero attached hydrogens (tertiary/aromatic N) is 1. The van der Waals surface area contributed by atoms with E-state index in [1.165, 1.54) is 24.3 Å². The lowest BCUT2D eigenvalue weighted by atomic mass is 10.1. The van der Waals surface area contributed by atoms with Crippen molar-refractivity contribution in [2.24, 2.45) is 0 Å². The molecule has 0 atom stereocenters. The Hall–Kier alpha value is -2.81. The molecular formula is C14H9ClF3N3O3. The highest BCUT2D eigenvalue weighted by Crippen LogP contribution is 2.35. The zero-order chi connectivity index (χ0) is 17.9. The second-order valence-corrected chi connectivity index (χ2v) is 4.98.